The third-order valence-electron chi connectivity index (χ3n) is 4.07. The molecule has 6 nitrogen and oxygen atoms in total. The van der Waals surface area contributed by atoms with Crippen molar-refractivity contribution in [1.29, 1.82) is 0 Å². The van der Waals surface area contributed by atoms with Crippen LogP contribution in [0.4, 0.5) is 5.69 Å². The highest BCUT2D eigenvalue weighted by molar-refractivity contribution is 8.02. The fourth-order valence-electron chi connectivity index (χ4n) is 2.72. The van der Waals surface area contributed by atoms with Gasteiger partial charge in [-0.1, -0.05) is 41.3 Å². The van der Waals surface area contributed by atoms with Gasteiger partial charge in [0.05, 0.1) is 16.6 Å². The van der Waals surface area contributed by atoms with Gasteiger partial charge in [0.15, 0.2) is 20.7 Å². The number of carbonyl (C=O) groups excluding carboxylic acids is 2. The Balaban J connectivity index is 1.52. The number of benzene rings is 2. The maximum Gasteiger partial charge on any atom is 0.262 e. The molecule has 0 bridgehead atoms. The van der Waals surface area contributed by atoms with E-state index in [4.69, 9.17) is 17.0 Å². The largest absolute Gasteiger partial charge is 0.482 e. The van der Waals surface area contributed by atoms with Crippen molar-refractivity contribution in [3.05, 3.63) is 58.0 Å². The molecule has 2 aromatic carbocycles. The number of para-hydroxylation sites is 1. The van der Waals surface area contributed by atoms with Gasteiger partial charge in [-0.25, -0.2) is 4.68 Å². The predicted molar refractivity (Wildman–Crippen MR) is 112 cm³/mol. The Morgan fingerprint density at radius 2 is 2.11 bits per heavy atom. The van der Waals surface area contributed by atoms with Gasteiger partial charge in [-0.05, 0) is 49.5 Å². The van der Waals surface area contributed by atoms with Crippen molar-refractivity contribution in [1.82, 2.24) is 9.78 Å². The molecule has 1 amide bonds. The van der Waals surface area contributed by atoms with E-state index in [1.165, 1.54) is 23.1 Å². The Bertz CT molecular complexity index is 1110. The van der Waals surface area contributed by atoms with E-state index in [9.17, 15) is 9.59 Å². The molecule has 4 rings (SSSR count). The molecule has 3 aromatic rings. The molecule has 1 aliphatic rings. The normalized spacial score (nSPS) is 14.0. The monoisotopic (exact) mass is 429 g/mol. The topological polar surface area (TPSA) is 73.2 Å². The summed E-state index contributed by atoms with van der Waals surface area (Å²) in [6.07, 6.45) is 0. The van der Waals surface area contributed by atoms with E-state index in [0.29, 0.717) is 21.0 Å². The van der Waals surface area contributed by atoms with E-state index in [1.54, 1.807) is 22.9 Å². The molecule has 1 aliphatic heterocycles. The molecular formula is C19H15N3O3S3. The van der Waals surface area contributed by atoms with E-state index in [1.807, 2.05) is 37.3 Å². The number of nitrogens with one attached hydrogen (secondary N) is 1. The van der Waals surface area contributed by atoms with Gasteiger partial charge >= 0.3 is 0 Å². The van der Waals surface area contributed by atoms with E-state index < -0.39 is 0 Å². The highest BCUT2D eigenvalue weighted by Gasteiger charge is 2.22. The van der Waals surface area contributed by atoms with Gasteiger partial charge in [-0.3, -0.25) is 9.59 Å². The van der Waals surface area contributed by atoms with E-state index in [-0.39, 0.29) is 23.5 Å². The second-order valence-corrected chi connectivity index (χ2v) is 9.26. The lowest BCUT2D eigenvalue weighted by atomic mass is 10.1. The van der Waals surface area contributed by atoms with Crippen LogP contribution in [0.2, 0.25) is 0 Å². The standard InChI is InChI=1S/C19H15N3O3S3/c1-11(17(24)12-7-8-15-14(9-12)20-16(23)10-25-15)27-18-21-22(19(26)28-18)13-5-3-2-4-6-13/h2-9,11H,10H2,1H3,(H,20,23). The Morgan fingerprint density at radius 3 is 2.89 bits per heavy atom. The molecule has 9 heteroatoms. The van der Waals surface area contributed by atoms with Crippen LogP contribution in [-0.2, 0) is 4.79 Å². The van der Waals surface area contributed by atoms with Gasteiger partial charge in [0, 0.05) is 5.56 Å². The summed E-state index contributed by atoms with van der Waals surface area (Å²) in [4.78, 5) is 24.3. The van der Waals surface area contributed by atoms with Gasteiger partial charge < -0.3 is 10.1 Å². The Morgan fingerprint density at radius 1 is 1.32 bits per heavy atom. The van der Waals surface area contributed by atoms with Crippen LogP contribution in [0, 0.1) is 3.95 Å². The summed E-state index contributed by atoms with van der Waals surface area (Å²) in [5.74, 6) is 0.279. The average Bonchev–Trinajstić information content (AvgIpc) is 3.07. The van der Waals surface area contributed by atoms with E-state index in [2.05, 4.69) is 10.4 Å². The number of anilines is 1. The van der Waals surface area contributed by atoms with Gasteiger partial charge in [0.2, 0.25) is 0 Å². The molecule has 0 aliphatic carbocycles. The summed E-state index contributed by atoms with van der Waals surface area (Å²) in [6.45, 7) is 1.82. The first kappa shape index (κ1) is 18.9. The van der Waals surface area contributed by atoms with Gasteiger partial charge in [0.25, 0.3) is 5.91 Å². The van der Waals surface area contributed by atoms with Crippen LogP contribution < -0.4 is 10.1 Å². The lowest BCUT2D eigenvalue weighted by molar-refractivity contribution is -0.118. The SMILES string of the molecule is CC(Sc1nn(-c2ccccc2)c(=S)s1)C(=O)c1ccc2c(c1)NC(=O)CO2. The van der Waals surface area contributed by atoms with E-state index in [0.717, 1.165) is 10.0 Å². The molecule has 28 heavy (non-hydrogen) atoms. The molecule has 1 atom stereocenters. The number of thioether (sulfide) groups is 1. The molecule has 142 valence electrons. The van der Waals surface area contributed by atoms with Crippen molar-refractivity contribution in [2.45, 2.75) is 16.5 Å². The number of hydrogen-bond donors (Lipinski definition) is 1. The Kier molecular flexibility index (Phi) is 5.29. The number of ether oxygens (including phenoxy) is 1. The molecule has 1 N–H and O–H groups in total. The highest BCUT2D eigenvalue weighted by Crippen LogP contribution is 2.32. The van der Waals surface area contributed by atoms with Crippen molar-refractivity contribution >= 4 is 52.7 Å². The van der Waals surface area contributed by atoms with Crippen molar-refractivity contribution in [3.63, 3.8) is 0 Å². The van der Waals surface area contributed by atoms with Crippen LogP contribution in [0.25, 0.3) is 5.69 Å². The fourth-order valence-corrected chi connectivity index (χ4v) is 5.30. The number of Topliss-reactive ketones (excluding diaryl/α,β-unsaturated/α-hetero) is 1. The molecule has 1 unspecified atom stereocenters. The van der Waals surface area contributed by atoms with Crippen molar-refractivity contribution in [2.24, 2.45) is 0 Å². The summed E-state index contributed by atoms with van der Waals surface area (Å²) >= 11 is 8.15. The summed E-state index contributed by atoms with van der Waals surface area (Å²) < 4.78 is 8.39. The van der Waals surface area contributed by atoms with Crippen LogP contribution in [0.3, 0.4) is 0 Å². The highest BCUT2D eigenvalue weighted by atomic mass is 32.2. The molecule has 0 spiro atoms. The number of nitrogens with zero attached hydrogens (tertiary/aromatic N) is 2. The second-order valence-electron chi connectivity index (χ2n) is 6.05. The summed E-state index contributed by atoms with van der Waals surface area (Å²) in [5, 5.41) is 6.91. The van der Waals surface area contributed by atoms with Crippen molar-refractivity contribution < 1.29 is 14.3 Å². The predicted octanol–water partition coefficient (Wildman–Crippen LogP) is 4.36. The minimum absolute atomic E-state index is 0.0125. The molecule has 0 saturated heterocycles. The lowest BCUT2D eigenvalue weighted by Crippen LogP contribution is -2.25. The van der Waals surface area contributed by atoms with Crippen LogP contribution in [-0.4, -0.2) is 33.3 Å². The third kappa shape index (κ3) is 3.87. The first-order valence-corrected chi connectivity index (χ1v) is 10.5. The zero-order valence-corrected chi connectivity index (χ0v) is 17.2. The Labute approximate surface area is 174 Å². The minimum Gasteiger partial charge on any atom is -0.482 e. The molecule has 2 heterocycles. The van der Waals surface area contributed by atoms with Crippen LogP contribution in [0.1, 0.15) is 17.3 Å². The third-order valence-corrected chi connectivity index (χ3v) is 6.49. The Hall–Kier alpha value is -2.49. The van der Waals surface area contributed by atoms with Gasteiger partial charge in [-0.15, -0.1) is 5.10 Å². The maximum atomic E-state index is 12.8. The molecule has 0 saturated carbocycles. The average molecular weight is 430 g/mol. The summed E-state index contributed by atoms with van der Waals surface area (Å²) in [7, 11) is 0. The van der Waals surface area contributed by atoms with E-state index >= 15 is 0 Å². The lowest BCUT2D eigenvalue weighted by Gasteiger charge is -2.18. The van der Waals surface area contributed by atoms with Crippen molar-refractivity contribution in [2.75, 3.05) is 11.9 Å². The van der Waals surface area contributed by atoms with Crippen LogP contribution in [0.5, 0.6) is 5.75 Å². The number of aromatic nitrogens is 2. The van der Waals surface area contributed by atoms with Gasteiger partial charge in [0.1, 0.15) is 5.75 Å². The molecule has 1 aromatic heterocycles. The van der Waals surface area contributed by atoms with Gasteiger partial charge in [-0.2, -0.15) is 0 Å². The fraction of sp³-hybridized carbons (Fsp3) is 0.158. The second kappa shape index (κ2) is 7.86. The molecular weight excluding hydrogens is 414 g/mol. The quantitative estimate of drug-likeness (QED) is 0.369. The molecule has 0 fully saturated rings. The van der Waals surface area contributed by atoms with Crippen molar-refractivity contribution in [3.8, 4) is 11.4 Å². The van der Waals surface area contributed by atoms with Crippen LogP contribution >= 0.6 is 35.3 Å². The number of amides is 1. The van der Waals surface area contributed by atoms with Crippen LogP contribution in [0.15, 0.2) is 52.9 Å². The minimum atomic E-state index is -0.358. The summed E-state index contributed by atoms with van der Waals surface area (Å²) in [5.41, 5.74) is 1.92. The smallest absolute Gasteiger partial charge is 0.262 e. The molecule has 0 radical (unpaired) electrons. The zero-order chi connectivity index (χ0) is 19.7. The number of rotatable bonds is 5. The number of ketones is 1. The number of fused-ring (bicyclic) bond motifs is 1. The summed E-state index contributed by atoms with van der Waals surface area (Å²) in [6, 6.07) is 14.7. The number of hydrogen-bond acceptors (Lipinski definition) is 7. The zero-order valence-electron chi connectivity index (χ0n) is 14.7. The maximum absolute atomic E-state index is 12.8. The number of carbonyl (C=O) groups is 2. The first-order chi connectivity index (χ1) is 13.5. The first-order valence-electron chi connectivity index (χ1n) is 8.44.